The molecule has 5 aromatic rings. The molecule has 0 saturated heterocycles. The van der Waals surface area contributed by atoms with Gasteiger partial charge in [-0.15, -0.1) is 15.0 Å². The standard InChI is InChI=1S/C27H21N5O6S/c1-17-7-14-25(24(15-17)31-29-22-5-3-4-6-23(22)30-31)38-39(36,37)26-16-19(9-8-18(26)2)27(33)28-20-10-12-21(13-11-20)32(34)35/h3-16H,1-2H3,(H,28,33). The lowest BCUT2D eigenvalue weighted by Crippen LogP contribution is -2.16. The average molecular weight is 544 g/mol. The number of benzene rings is 4. The molecular weight excluding hydrogens is 522 g/mol. The zero-order valence-corrected chi connectivity index (χ0v) is 21.5. The number of nitrogens with one attached hydrogen (secondary N) is 1. The molecule has 1 N–H and O–H groups in total. The maximum atomic E-state index is 13.4. The summed E-state index contributed by atoms with van der Waals surface area (Å²) in [4.78, 5) is 24.3. The number of rotatable bonds is 7. The zero-order valence-electron chi connectivity index (χ0n) is 20.7. The molecule has 39 heavy (non-hydrogen) atoms. The Kier molecular flexibility index (Phi) is 6.54. The second-order valence-electron chi connectivity index (χ2n) is 8.73. The molecule has 5 rings (SSSR count). The van der Waals surface area contributed by atoms with Crippen molar-refractivity contribution in [2.45, 2.75) is 18.7 Å². The summed E-state index contributed by atoms with van der Waals surface area (Å²) in [6.07, 6.45) is 0. The summed E-state index contributed by atoms with van der Waals surface area (Å²) in [5.74, 6) is -0.579. The Morgan fingerprint density at radius 2 is 1.59 bits per heavy atom. The molecule has 4 aromatic carbocycles. The Labute approximate surface area is 222 Å². The Morgan fingerprint density at radius 3 is 2.23 bits per heavy atom. The second-order valence-corrected chi connectivity index (χ2v) is 10.2. The first-order valence-corrected chi connectivity index (χ1v) is 13.1. The Bertz CT molecular complexity index is 1820. The highest BCUT2D eigenvalue weighted by Gasteiger charge is 2.24. The van der Waals surface area contributed by atoms with Gasteiger partial charge in [-0.3, -0.25) is 14.9 Å². The van der Waals surface area contributed by atoms with Crippen molar-refractivity contribution in [2.75, 3.05) is 5.32 Å². The normalized spacial score (nSPS) is 11.3. The van der Waals surface area contributed by atoms with E-state index >= 15 is 0 Å². The van der Waals surface area contributed by atoms with Crippen LogP contribution in [0.5, 0.6) is 5.75 Å². The van der Waals surface area contributed by atoms with Gasteiger partial charge in [0.2, 0.25) is 0 Å². The first kappa shape index (κ1) is 25.5. The number of nitrogens with zero attached hydrogens (tertiary/aromatic N) is 4. The maximum Gasteiger partial charge on any atom is 0.339 e. The lowest BCUT2D eigenvalue weighted by atomic mass is 10.1. The van der Waals surface area contributed by atoms with Crippen LogP contribution in [-0.4, -0.2) is 34.2 Å². The van der Waals surface area contributed by atoms with Crippen molar-refractivity contribution in [3.63, 3.8) is 0 Å². The predicted octanol–water partition coefficient (Wildman–Crippen LogP) is 4.97. The van der Waals surface area contributed by atoms with Crippen molar-refractivity contribution >= 4 is 38.4 Å². The van der Waals surface area contributed by atoms with Crippen LogP contribution in [0.2, 0.25) is 0 Å². The molecule has 0 spiro atoms. The minimum absolute atomic E-state index is 0.0149. The number of hydrogen-bond acceptors (Lipinski definition) is 8. The molecule has 12 heteroatoms. The summed E-state index contributed by atoms with van der Waals surface area (Å²) in [5, 5.41) is 22.3. The van der Waals surface area contributed by atoms with Crippen molar-refractivity contribution in [1.82, 2.24) is 15.0 Å². The molecule has 0 unspecified atom stereocenters. The molecule has 0 aliphatic heterocycles. The van der Waals surface area contributed by atoms with E-state index in [-0.39, 0.29) is 21.9 Å². The van der Waals surface area contributed by atoms with Crippen LogP contribution in [-0.2, 0) is 10.1 Å². The number of carbonyl (C=O) groups excluding carboxylic acids is 1. The molecule has 0 bridgehead atoms. The van der Waals surface area contributed by atoms with Gasteiger partial charge in [-0.25, -0.2) is 0 Å². The van der Waals surface area contributed by atoms with E-state index in [2.05, 4.69) is 15.5 Å². The third-order valence-corrected chi connectivity index (χ3v) is 7.25. The number of non-ortho nitro benzene ring substituents is 1. The Balaban J connectivity index is 1.45. The lowest BCUT2D eigenvalue weighted by Gasteiger charge is -2.14. The van der Waals surface area contributed by atoms with Gasteiger partial charge in [-0.1, -0.05) is 24.3 Å². The molecule has 1 heterocycles. The summed E-state index contributed by atoms with van der Waals surface area (Å²) >= 11 is 0. The molecule has 0 saturated carbocycles. The summed E-state index contributed by atoms with van der Waals surface area (Å²) in [6.45, 7) is 3.44. The van der Waals surface area contributed by atoms with E-state index in [9.17, 15) is 23.3 Å². The maximum absolute atomic E-state index is 13.4. The fourth-order valence-electron chi connectivity index (χ4n) is 3.87. The quantitative estimate of drug-likeness (QED) is 0.172. The van der Waals surface area contributed by atoms with Crippen LogP contribution in [0, 0.1) is 24.0 Å². The fraction of sp³-hybridized carbons (Fsp3) is 0.0741. The van der Waals surface area contributed by atoms with Gasteiger partial charge < -0.3 is 9.50 Å². The van der Waals surface area contributed by atoms with E-state index in [1.807, 2.05) is 19.1 Å². The largest absolute Gasteiger partial charge is 0.377 e. The van der Waals surface area contributed by atoms with Crippen LogP contribution in [0.4, 0.5) is 11.4 Å². The van der Waals surface area contributed by atoms with Gasteiger partial charge in [0.1, 0.15) is 21.6 Å². The van der Waals surface area contributed by atoms with Crippen LogP contribution in [0.25, 0.3) is 16.7 Å². The Hall–Kier alpha value is -5.10. The van der Waals surface area contributed by atoms with E-state index < -0.39 is 20.9 Å². The summed E-state index contributed by atoms with van der Waals surface area (Å²) in [7, 11) is -4.39. The van der Waals surface area contributed by atoms with Gasteiger partial charge in [-0.2, -0.15) is 8.42 Å². The van der Waals surface area contributed by atoms with Gasteiger partial charge in [0.15, 0.2) is 5.75 Å². The monoisotopic (exact) mass is 543 g/mol. The Morgan fingerprint density at radius 1 is 0.923 bits per heavy atom. The number of nitro groups is 1. The number of amides is 1. The highest BCUT2D eigenvalue weighted by molar-refractivity contribution is 7.87. The molecule has 0 radical (unpaired) electrons. The van der Waals surface area contributed by atoms with Gasteiger partial charge in [0.05, 0.1) is 4.92 Å². The highest BCUT2D eigenvalue weighted by Crippen LogP contribution is 2.29. The van der Waals surface area contributed by atoms with Crippen LogP contribution >= 0.6 is 0 Å². The van der Waals surface area contributed by atoms with Crippen LogP contribution < -0.4 is 9.50 Å². The summed E-state index contributed by atoms with van der Waals surface area (Å²) < 4.78 is 32.4. The molecule has 0 aliphatic rings. The van der Waals surface area contributed by atoms with Gasteiger partial charge in [-0.05, 0) is 73.5 Å². The molecule has 0 atom stereocenters. The molecule has 11 nitrogen and oxygen atoms in total. The van der Waals surface area contributed by atoms with E-state index in [1.165, 1.54) is 53.3 Å². The summed E-state index contributed by atoms with van der Waals surface area (Å²) in [5.41, 5.74) is 3.07. The van der Waals surface area contributed by atoms with Crippen molar-refractivity contribution in [3.05, 3.63) is 112 Å². The van der Waals surface area contributed by atoms with Gasteiger partial charge in [0, 0.05) is 23.4 Å². The molecular formula is C27H21N5O6S. The number of aromatic nitrogens is 3. The topological polar surface area (TPSA) is 146 Å². The van der Waals surface area contributed by atoms with Crippen molar-refractivity contribution in [2.24, 2.45) is 0 Å². The number of carbonyl (C=O) groups is 1. The number of anilines is 1. The molecule has 196 valence electrons. The average Bonchev–Trinajstić information content (AvgIpc) is 3.34. The van der Waals surface area contributed by atoms with Crippen LogP contribution in [0.1, 0.15) is 21.5 Å². The molecule has 0 aliphatic carbocycles. The van der Waals surface area contributed by atoms with Crippen molar-refractivity contribution in [1.29, 1.82) is 0 Å². The van der Waals surface area contributed by atoms with Gasteiger partial charge in [0.25, 0.3) is 11.6 Å². The van der Waals surface area contributed by atoms with Crippen molar-refractivity contribution < 1.29 is 22.3 Å². The van der Waals surface area contributed by atoms with Crippen LogP contribution in [0.3, 0.4) is 0 Å². The SMILES string of the molecule is Cc1ccc(OS(=O)(=O)c2cc(C(=O)Nc3ccc([N+](=O)[O-])cc3)ccc2C)c(-n2nc3ccccc3n2)c1. The second kappa shape index (κ2) is 9.99. The number of aryl methyl sites for hydroxylation is 2. The molecule has 0 fully saturated rings. The number of hydrogen-bond donors (Lipinski definition) is 1. The highest BCUT2D eigenvalue weighted by atomic mass is 32.2. The van der Waals surface area contributed by atoms with E-state index in [0.717, 1.165) is 5.56 Å². The van der Waals surface area contributed by atoms with E-state index in [1.54, 1.807) is 31.2 Å². The lowest BCUT2D eigenvalue weighted by molar-refractivity contribution is -0.384. The fourth-order valence-corrected chi connectivity index (χ4v) is 5.07. The number of fused-ring (bicyclic) bond motifs is 1. The minimum atomic E-state index is -4.39. The minimum Gasteiger partial charge on any atom is -0.377 e. The number of nitro benzene ring substituents is 1. The predicted molar refractivity (Wildman–Crippen MR) is 144 cm³/mol. The summed E-state index contributed by atoms with van der Waals surface area (Å²) in [6, 6.07) is 21.7. The zero-order chi connectivity index (χ0) is 27.7. The third-order valence-electron chi connectivity index (χ3n) is 5.87. The van der Waals surface area contributed by atoms with Crippen LogP contribution in [0.15, 0.2) is 89.8 Å². The van der Waals surface area contributed by atoms with E-state index in [4.69, 9.17) is 4.18 Å². The smallest absolute Gasteiger partial charge is 0.339 e. The van der Waals surface area contributed by atoms with E-state index in [0.29, 0.717) is 28.0 Å². The van der Waals surface area contributed by atoms with Crippen molar-refractivity contribution in [3.8, 4) is 11.4 Å². The third kappa shape index (κ3) is 5.31. The van der Waals surface area contributed by atoms with Gasteiger partial charge >= 0.3 is 10.1 Å². The molecule has 1 aromatic heterocycles. The molecule has 1 amide bonds. The first-order chi connectivity index (χ1) is 18.6. The first-order valence-electron chi connectivity index (χ1n) is 11.6.